The minimum absolute atomic E-state index is 0.0975. The van der Waals surface area contributed by atoms with Crippen LogP contribution in [0.3, 0.4) is 0 Å². The zero-order valence-corrected chi connectivity index (χ0v) is 15.6. The molecule has 2 N–H and O–H groups in total. The van der Waals surface area contributed by atoms with E-state index in [2.05, 4.69) is 5.32 Å². The maximum Gasteiger partial charge on any atom is 0.342 e. The van der Waals surface area contributed by atoms with Gasteiger partial charge in [-0.05, 0) is 49.1 Å². The summed E-state index contributed by atoms with van der Waals surface area (Å²) in [4.78, 5) is 12.5. The van der Waals surface area contributed by atoms with Crippen LogP contribution in [0.2, 0.25) is 0 Å². The van der Waals surface area contributed by atoms with Gasteiger partial charge >= 0.3 is 5.97 Å². The largest absolute Gasteiger partial charge is 0.467 e. The molecule has 4 atom stereocenters. The zero-order chi connectivity index (χ0) is 19.2. The molecule has 2 heterocycles. The molecular formula is C21H27F2NO3. The average Bonchev–Trinajstić information content (AvgIpc) is 3.21. The average molecular weight is 379 g/mol. The molecule has 3 fully saturated rings. The fourth-order valence-electron chi connectivity index (χ4n) is 5.34. The highest BCUT2D eigenvalue weighted by atomic mass is 19.3. The molecule has 1 aromatic carbocycles. The van der Waals surface area contributed by atoms with Crippen molar-refractivity contribution < 1.29 is 23.4 Å². The number of aliphatic hydroxyl groups is 1. The topological polar surface area (TPSA) is 58.6 Å². The summed E-state index contributed by atoms with van der Waals surface area (Å²) in [6.45, 7) is 0. The zero-order valence-electron chi connectivity index (χ0n) is 15.6. The van der Waals surface area contributed by atoms with E-state index in [4.69, 9.17) is 4.74 Å². The Bertz CT molecular complexity index is 713. The van der Waals surface area contributed by atoms with Gasteiger partial charge in [-0.2, -0.15) is 0 Å². The normalized spacial score (nSPS) is 34.2. The maximum absolute atomic E-state index is 13.8. The van der Waals surface area contributed by atoms with E-state index in [1.165, 1.54) is 20.0 Å². The monoisotopic (exact) mass is 379 g/mol. The van der Waals surface area contributed by atoms with Crippen molar-refractivity contribution >= 4 is 5.97 Å². The van der Waals surface area contributed by atoms with Crippen molar-refractivity contribution in [1.82, 2.24) is 5.32 Å². The molecule has 2 aliphatic heterocycles. The van der Waals surface area contributed by atoms with E-state index in [-0.39, 0.29) is 12.8 Å². The van der Waals surface area contributed by atoms with Crippen LogP contribution in [-0.2, 0) is 15.1 Å². The molecular weight excluding hydrogens is 352 g/mol. The summed E-state index contributed by atoms with van der Waals surface area (Å²) in [5.41, 5.74) is -0.588. The van der Waals surface area contributed by atoms with Gasteiger partial charge in [-0.1, -0.05) is 24.3 Å². The molecule has 4 nitrogen and oxygen atoms in total. The predicted octanol–water partition coefficient (Wildman–Crippen LogP) is 3.48. The third-order valence-corrected chi connectivity index (χ3v) is 6.76. The number of hydrogen-bond donors (Lipinski definition) is 2. The van der Waals surface area contributed by atoms with Crippen molar-refractivity contribution in [3.05, 3.63) is 35.4 Å². The Morgan fingerprint density at radius 1 is 1.26 bits per heavy atom. The Labute approximate surface area is 158 Å². The summed E-state index contributed by atoms with van der Waals surface area (Å²) in [7, 11) is 1.19. The molecule has 148 valence electrons. The second kappa shape index (κ2) is 6.82. The van der Waals surface area contributed by atoms with Gasteiger partial charge in [-0.15, -0.1) is 0 Å². The van der Waals surface area contributed by atoms with E-state index in [9.17, 15) is 18.7 Å². The van der Waals surface area contributed by atoms with E-state index in [0.29, 0.717) is 23.6 Å². The summed E-state index contributed by atoms with van der Waals surface area (Å²) in [6.07, 6.45) is 3.71. The quantitative estimate of drug-likeness (QED) is 0.787. The second-order valence-electron chi connectivity index (χ2n) is 8.49. The minimum atomic E-state index is -2.85. The van der Waals surface area contributed by atoms with Gasteiger partial charge in [0.15, 0.2) is 5.60 Å². The highest BCUT2D eigenvalue weighted by Crippen LogP contribution is 2.48. The van der Waals surface area contributed by atoms with Crippen LogP contribution in [0.4, 0.5) is 8.78 Å². The third-order valence-electron chi connectivity index (χ3n) is 6.76. The number of benzene rings is 1. The van der Waals surface area contributed by atoms with Crippen LogP contribution in [0.1, 0.15) is 62.0 Å². The van der Waals surface area contributed by atoms with Crippen molar-refractivity contribution in [3.8, 4) is 0 Å². The SMILES string of the molecule is COC(=O)[C@](O)(c1cccc(C2CC3CCC(C2)N3)c1)[C@@H]1CCC(F)(F)C1. The summed E-state index contributed by atoms with van der Waals surface area (Å²) in [5, 5.41) is 14.9. The fraction of sp³-hybridized carbons (Fsp3) is 0.667. The molecule has 0 radical (unpaired) electrons. The molecule has 27 heavy (non-hydrogen) atoms. The number of esters is 1. The van der Waals surface area contributed by atoms with Crippen LogP contribution in [0.15, 0.2) is 24.3 Å². The predicted molar refractivity (Wildman–Crippen MR) is 96.6 cm³/mol. The Morgan fingerprint density at radius 2 is 1.96 bits per heavy atom. The van der Waals surface area contributed by atoms with Crippen molar-refractivity contribution in [2.75, 3.05) is 7.11 Å². The van der Waals surface area contributed by atoms with Gasteiger partial charge in [0.05, 0.1) is 7.11 Å². The highest BCUT2D eigenvalue weighted by Gasteiger charge is 2.54. The molecule has 4 rings (SSSR count). The Morgan fingerprint density at radius 3 is 2.56 bits per heavy atom. The van der Waals surface area contributed by atoms with Gasteiger partial charge in [-0.25, -0.2) is 13.6 Å². The summed E-state index contributed by atoms with van der Waals surface area (Å²) < 4.78 is 32.4. The number of carbonyl (C=O) groups excluding carboxylic acids is 1. The first-order valence-electron chi connectivity index (χ1n) is 9.87. The minimum Gasteiger partial charge on any atom is -0.467 e. The van der Waals surface area contributed by atoms with E-state index in [1.807, 2.05) is 18.2 Å². The number of hydrogen-bond acceptors (Lipinski definition) is 4. The van der Waals surface area contributed by atoms with Crippen LogP contribution in [-0.4, -0.2) is 36.2 Å². The molecule has 3 aliphatic rings. The lowest BCUT2D eigenvalue weighted by atomic mass is 9.77. The summed E-state index contributed by atoms with van der Waals surface area (Å²) in [5.74, 6) is -4.19. The standard InChI is InChI=1S/C21H27F2NO3/c1-27-19(25)21(26,16-7-8-20(22,23)12-16)15-4-2-3-13(9-15)14-10-17-5-6-18(11-14)24-17/h2-4,9,14,16-18,24,26H,5-8,10-12H2,1H3/t14?,16-,17?,18?,21+/m1/s1. The molecule has 1 aromatic rings. The molecule has 0 amide bonds. The molecule has 1 aliphatic carbocycles. The number of halogens is 2. The van der Waals surface area contributed by atoms with E-state index < -0.39 is 29.8 Å². The highest BCUT2D eigenvalue weighted by molar-refractivity contribution is 5.81. The van der Waals surface area contributed by atoms with Gasteiger partial charge in [-0.3, -0.25) is 0 Å². The van der Waals surface area contributed by atoms with Crippen molar-refractivity contribution in [3.63, 3.8) is 0 Å². The molecule has 6 heteroatoms. The van der Waals surface area contributed by atoms with Crippen LogP contribution in [0, 0.1) is 5.92 Å². The van der Waals surface area contributed by atoms with Gasteiger partial charge in [0.25, 0.3) is 0 Å². The molecule has 2 saturated heterocycles. The number of ether oxygens (including phenoxy) is 1. The van der Waals surface area contributed by atoms with Crippen LogP contribution in [0.25, 0.3) is 0 Å². The van der Waals surface area contributed by atoms with Crippen LogP contribution in [0.5, 0.6) is 0 Å². The lowest BCUT2D eigenvalue weighted by molar-refractivity contribution is -0.171. The molecule has 2 unspecified atom stereocenters. The van der Waals surface area contributed by atoms with Crippen molar-refractivity contribution in [2.24, 2.45) is 5.92 Å². The number of piperidine rings is 1. The Balaban J connectivity index is 1.66. The van der Waals surface area contributed by atoms with E-state index in [1.54, 1.807) is 6.07 Å². The summed E-state index contributed by atoms with van der Waals surface area (Å²) in [6, 6.07) is 8.36. The van der Waals surface area contributed by atoms with Gasteiger partial charge in [0, 0.05) is 30.8 Å². The van der Waals surface area contributed by atoms with Gasteiger partial charge < -0.3 is 15.2 Å². The number of nitrogens with one attached hydrogen (secondary N) is 1. The van der Waals surface area contributed by atoms with Gasteiger partial charge in [0.2, 0.25) is 5.92 Å². The van der Waals surface area contributed by atoms with E-state index in [0.717, 1.165) is 18.4 Å². The Kier molecular flexibility index (Phi) is 4.75. The number of alkyl halides is 2. The first-order valence-corrected chi connectivity index (χ1v) is 9.87. The first kappa shape index (κ1) is 18.8. The maximum atomic E-state index is 13.8. The molecule has 0 spiro atoms. The Hall–Kier alpha value is -1.53. The van der Waals surface area contributed by atoms with Gasteiger partial charge in [0.1, 0.15) is 0 Å². The molecule has 1 saturated carbocycles. The van der Waals surface area contributed by atoms with Crippen molar-refractivity contribution in [1.29, 1.82) is 0 Å². The first-order chi connectivity index (χ1) is 12.8. The lowest BCUT2D eigenvalue weighted by Gasteiger charge is -2.33. The number of methoxy groups -OCH3 is 1. The fourth-order valence-corrected chi connectivity index (χ4v) is 5.34. The van der Waals surface area contributed by atoms with E-state index >= 15 is 0 Å². The number of fused-ring (bicyclic) bond motifs is 2. The number of carbonyl (C=O) groups is 1. The van der Waals surface area contributed by atoms with Crippen LogP contribution < -0.4 is 5.32 Å². The van der Waals surface area contributed by atoms with Crippen LogP contribution >= 0.6 is 0 Å². The summed E-state index contributed by atoms with van der Waals surface area (Å²) >= 11 is 0. The lowest BCUT2D eigenvalue weighted by Crippen LogP contribution is -2.43. The number of rotatable bonds is 4. The second-order valence-corrected chi connectivity index (χ2v) is 8.49. The van der Waals surface area contributed by atoms with Crippen molar-refractivity contribution in [2.45, 2.75) is 74.5 Å². The smallest absolute Gasteiger partial charge is 0.342 e. The third kappa shape index (κ3) is 3.38. The molecule has 2 bridgehead atoms. The molecule has 0 aromatic heterocycles.